The van der Waals surface area contributed by atoms with Crippen molar-refractivity contribution in [3.05, 3.63) is 0 Å². The van der Waals surface area contributed by atoms with Crippen molar-refractivity contribution in [1.82, 2.24) is 0 Å². The van der Waals surface area contributed by atoms with Gasteiger partial charge in [-0.2, -0.15) is 0 Å². The minimum atomic E-state index is 0. The van der Waals surface area contributed by atoms with E-state index < -0.39 is 0 Å². The van der Waals surface area contributed by atoms with Gasteiger partial charge in [0.1, 0.15) is 0 Å². The van der Waals surface area contributed by atoms with Crippen LogP contribution in [0.3, 0.4) is 0 Å². The van der Waals surface area contributed by atoms with Crippen LogP contribution in [0.15, 0.2) is 0 Å². The summed E-state index contributed by atoms with van der Waals surface area (Å²) in [4.78, 5) is 0. The molecule has 0 bridgehead atoms. The fourth-order valence-corrected chi connectivity index (χ4v) is 0. The Labute approximate surface area is 86.3 Å². The van der Waals surface area contributed by atoms with Gasteiger partial charge in [-0.05, 0) is 0 Å². The van der Waals surface area contributed by atoms with Gasteiger partial charge in [0.2, 0.25) is 0 Å². The van der Waals surface area contributed by atoms with Gasteiger partial charge in [0.05, 0.1) is 0 Å². The molecule has 3 radical (unpaired) electrons. The number of rotatable bonds is 0. The molecule has 0 unspecified atom stereocenters. The van der Waals surface area contributed by atoms with Crippen LogP contribution in [0, 0.1) is 0 Å². The molecule has 5 heavy (non-hydrogen) atoms. The molecule has 0 saturated carbocycles. The number of hydrogen-bond acceptors (Lipinski definition) is 0. The van der Waals surface area contributed by atoms with Gasteiger partial charge in [-0.3, -0.25) is 0 Å². The predicted molar refractivity (Wildman–Crippen MR) is 20.1 cm³/mol. The number of hydrogen-bond donors (Lipinski definition) is 0. The average molecular weight is 408 g/mol. The van der Waals surface area contributed by atoms with Crippen LogP contribution >= 0.6 is 0 Å². The van der Waals surface area contributed by atoms with Crippen LogP contribution in [0.2, 0.25) is 0 Å². The standard InChI is InChI=1S/Cu.Se2.Sn.Zn.2H/c;1-2;;;;. The summed E-state index contributed by atoms with van der Waals surface area (Å²) in [6.45, 7) is 0. The molecular formula is H2CuSe2SnZn. The molecule has 0 spiro atoms. The molecule has 0 fully saturated rings. The Morgan fingerprint density at radius 2 is 1.00 bits per heavy atom. The molecule has 0 aliphatic heterocycles. The van der Waals surface area contributed by atoms with Gasteiger partial charge in [-0.25, -0.2) is 0 Å². The molecule has 0 heterocycles. The summed E-state index contributed by atoms with van der Waals surface area (Å²) in [5.74, 6) is 0. The second-order valence-corrected chi connectivity index (χ2v) is 0. The molecule has 0 aliphatic carbocycles. The molecule has 0 rings (SSSR count). The Morgan fingerprint density at radius 3 is 1.00 bits per heavy atom. The summed E-state index contributed by atoms with van der Waals surface area (Å²) in [5.41, 5.74) is 0. The fourth-order valence-electron chi connectivity index (χ4n) is 0. The van der Waals surface area contributed by atoms with Gasteiger partial charge >= 0.3 is 51.2 Å². The maximum atomic E-state index is 2.50. The SMILES string of the molecule is [Cu].[Se]=[Se].[SnH2].[Zn]. The topological polar surface area (TPSA) is 0 Å². The third-order valence-corrected chi connectivity index (χ3v) is 0. The molecule has 5 heteroatoms. The second kappa shape index (κ2) is 28.1. The van der Waals surface area contributed by atoms with Crippen molar-refractivity contribution >= 4 is 51.2 Å². The molecule has 31 valence electrons. The summed E-state index contributed by atoms with van der Waals surface area (Å²) in [5, 5.41) is 0. The molecule has 0 saturated heterocycles. The molecule has 0 N–H and O–H groups in total. The summed E-state index contributed by atoms with van der Waals surface area (Å²) >= 11 is 5.00. The van der Waals surface area contributed by atoms with Crippen molar-refractivity contribution in [2.75, 3.05) is 0 Å². The van der Waals surface area contributed by atoms with Crippen LogP contribution in [0.4, 0.5) is 0 Å². The van der Waals surface area contributed by atoms with Crippen LogP contribution in [-0.4, -0.2) is 51.2 Å². The first-order chi connectivity index (χ1) is 1.00. The minimum absolute atomic E-state index is 0. The Balaban J connectivity index is -0.00000000167. The molecule has 0 aromatic rings. The summed E-state index contributed by atoms with van der Waals surface area (Å²) in [6, 6.07) is 0. The Kier molecular flexibility index (Phi) is 138. The normalized spacial score (nSPS) is 0.800. The van der Waals surface area contributed by atoms with E-state index in [1.54, 1.807) is 0 Å². The first-order valence-electron chi connectivity index (χ1n) is 0.167. The van der Waals surface area contributed by atoms with Gasteiger partial charge in [0.15, 0.2) is 0 Å². The van der Waals surface area contributed by atoms with E-state index in [2.05, 4.69) is 27.3 Å². The average Bonchev–Trinajstić information content (AvgIpc) is 1.00. The zero-order chi connectivity index (χ0) is 2.00. The first kappa shape index (κ1) is 24.5. The molecule has 0 atom stereocenters. The molecular weight excluding hydrogens is 406 g/mol. The van der Waals surface area contributed by atoms with E-state index in [0.717, 1.165) is 0 Å². The zero-order valence-corrected chi connectivity index (χ0v) is 13.9. The van der Waals surface area contributed by atoms with E-state index in [0.29, 0.717) is 0 Å². The first-order valence-corrected chi connectivity index (χ1v) is 4.50. The zero-order valence-electron chi connectivity index (χ0n) is 2.53. The summed E-state index contributed by atoms with van der Waals surface area (Å²) in [7, 11) is 0. The van der Waals surface area contributed by atoms with E-state index in [1.807, 2.05) is 0 Å². The van der Waals surface area contributed by atoms with E-state index in [1.165, 1.54) is 0 Å². The fraction of sp³-hybridized carbons (Fsp3) is 0. The molecule has 0 amide bonds. The predicted octanol–water partition coefficient (Wildman–Crippen LogP) is -1.68. The van der Waals surface area contributed by atoms with Crippen molar-refractivity contribution in [2.45, 2.75) is 0 Å². The Bertz CT molecular complexity index is 9.61. The third kappa shape index (κ3) is 19.5. The van der Waals surface area contributed by atoms with Crippen LogP contribution in [0.5, 0.6) is 0 Å². The van der Waals surface area contributed by atoms with Gasteiger partial charge in [0, 0.05) is 36.5 Å². The van der Waals surface area contributed by atoms with E-state index >= 15 is 0 Å². The molecule has 0 aromatic heterocycles. The maximum Gasteiger partial charge on any atom is 0 e. The maximum absolute atomic E-state index is 2.50. The van der Waals surface area contributed by atoms with Crippen LogP contribution in [0.1, 0.15) is 0 Å². The quantitative estimate of drug-likeness (QED) is 0.421. The van der Waals surface area contributed by atoms with Gasteiger partial charge < -0.3 is 0 Å². The van der Waals surface area contributed by atoms with E-state index in [4.69, 9.17) is 0 Å². The third-order valence-electron chi connectivity index (χ3n) is 0. The van der Waals surface area contributed by atoms with E-state index in [-0.39, 0.29) is 60.5 Å². The van der Waals surface area contributed by atoms with Crippen LogP contribution in [-0.2, 0) is 36.5 Å². The van der Waals surface area contributed by atoms with Crippen LogP contribution in [0.25, 0.3) is 0 Å². The van der Waals surface area contributed by atoms with E-state index in [9.17, 15) is 0 Å². The smallest absolute Gasteiger partial charge is 0 e. The summed E-state index contributed by atoms with van der Waals surface area (Å²) < 4.78 is 0. The monoisotopic (exact) mass is 409 g/mol. The van der Waals surface area contributed by atoms with Crippen LogP contribution < -0.4 is 0 Å². The largest absolute Gasteiger partial charge is 0 e. The van der Waals surface area contributed by atoms with Crippen molar-refractivity contribution in [3.8, 4) is 0 Å². The van der Waals surface area contributed by atoms with Crippen molar-refractivity contribution in [1.29, 1.82) is 0 Å². The Morgan fingerprint density at radius 1 is 1.00 bits per heavy atom. The van der Waals surface area contributed by atoms with Crippen molar-refractivity contribution in [2.24, 2.45) is 0 Å². The minimum Gasteiger partial charge on any atom is 0 e. The van der Waals surface area contributed by atoms with Gasteiger partial charge in [-0.15, -0.1) is 0 Å². The van der Waals surface area contributed by atoms with Crippen molar-refractivity contribution < 1.29 is 36.5 Å². The van der Waals surface area contributed by atoms with Gasteiger partial charge in [-0.1, -0.05) is 0 Å². The molecule has 0 nitrogen and oxygen atoms in total. The second-order valence-electron chi connectivity index (χ2n) is 0. The molecule has 0 aromatic carbocycles. The summed E-state index contributed by atoms with van der Waals surface area (Å²) in [6.07, 6.45) is 0. The van der Waals surface area contributed by atoms with Crippen molar-refractivity contribution in [3.63, 3.8) is 0 Å². The van der Waals surface area contributed by atoms with Gasteiger partial charge in [0.25, 0.3) is 0 Å². The molecule has 0 aliphatic rings. The Hall–Kier alpha value is 2.98.